The zero-order valence-electron chi connectivity index (χ0n) is 11.9. The zero-order valence-corrected chi connectivity index (χ0v) is 12.7. The second-order valence-corrected chi connectivity index (χ2v) is 4.67. The average molecular weight is 308 g/mol. The van der Waals surface area contributed by atoms with Gasteiger partial charge in [-0.1, -0.05) is 18.5 Å². The van der Waals surface area contributed by atoms with Crippen LogP contribution in [0.5, 0.6) is 17.2 Å². The van der Waals surface area contributed by atoms with Crippen LogP contribution in [0, 0.1) is 0 Å². The molecule has 1 aromatic heterocycles. The Balaban J connectivity index is 1.72. The van der Waals surface area contributed by atoms with E-state index < -0.39 is 0 Å². The molecule has 0 N–H and O–H groups in total. The molecule has 5 heteroatoms. The van der Waals surface area contributed by atoms with Gasteiger partial charge in [0.25, 0.3) is 0 Å². The summed E-state index contributed by atoms with van der Waals surface area (Å²) in [5, 5.41) is 0.356. The van der Waals surface area contributed by atoms with Crippen molar-refractivity contribution in [2.75, 3.05) is 19.8 Å². The van der Waals surface area contributed by atoms with Gasteiger partial charge in [0.05, 0.1) is 6.61 Å². The van der Waals surface area contributed by atoms with Gasteiger partial charge in [-0.15, -0.1) is 0 Å². The van der Waals surface area contributed by atoms with Gasteiger partial charge in [0.1, 0.15) is 24.7 Å². The molecule has 0 fully saturated rings. The number of rotatable bonds is 8. The van der Waals surface area contributed by atoms with Crippen LogP contribution in [-0.4, -0.2) is 24.8 Å². The average Bonchev–Trinajstić information content (AvgIpc) is 2.52. The summed E-state index contributed by atoms with van der Waals surface area (Å²) in [5.74, 6) is 2.19. The molecule has 0 aliphatic heterocycles. The molecule has 0 amide bonds. The molecular formula is C16H18ClNO3. The Morgan fingerprint density at radius 2 is 1.52 bits per heavy atom. The Bertz CT molecular complexity index is 545. The quantitative estimate of drug-likeness (QED) is 0.546. The molecule has 2 aromatic rings. The lowest BCUT2D eigenvalue weighted by Gasteiger charge is -2.09. The van der Waals surface area contributed by atoms with Crippen molar-refractivity contribution < 1.29 is 14.2 Å². The van der Waals surface area contributed by atoms with Crippen LogP contribution in [0.4, 0.5) is 0 Å². The molecule has 2 rings (SSSR count). The molecule has 1 aromatic carbocycles. The number of pyridine rings is 1. The molecule has 0 saturated heterocycles. The van der Waals surface area contributed by atoms with Crippen LogP contribution < -0.4 is 14.2 Å². The molecule has 0 atom stereocenters. The Kier molecular flexibility index (Phi) is 6.16. The van der Waals surface area contributed by atoms with E-state index in [2.05, 4.69) is 11.9 Å². The first-order valence-corrected chi connectivity index (χ1v) is 7.26. The third-order valence-corrected chi connectivity index (χ3v) is 2.91. The first kappa shape index (κ1) is 15.4. The highest BCUT2D eigenvalue weighted by molar-refractivity contribution is 6.30. The predicted octanol–water partition coefficient (Wildman–Crippen LogP) is 3.98. The van der Waals surface area contributed by atoms with E-state index in [0.29, 0.717) is 24.1 Å². The van der Waals surface area contributed by atoms with Crippen LogP contribution in [-0.2, 0) is 0 Å². The Morgan fingerprint density at radius 3 is 2.14 bits per heavy atom. The fraction of sp³-hybridized carbons (Fsp3) is 0.312. The van der Waals surface area contributed by atoms with Crippen molar-refractivity contribution in [2.24, 2.45) is 0 Å². The highest BCUT2D eigenvalue weighted by Gasteiger charge is 2.01. The van der Waals surface area contributed by atoms with Crippen LogP contribution >= 0.6 is 11.6 Å². The number of hydrogen-bond donors (Lipinski definition) is 0. The second-order valence-electron chi connectivity index (χ2n) is 4.31. The van der Waals surface area contributed by atoms with Crippen molar-refractivity contribution in [3.05, 3.63) is 47.7 Å². The largest absolute Gasteiger partial charge is 0.494 e. The zero-order chi connectivity index (χ0) is 14.9. The highest BCUT2D eigenvalue weighted by atomic mass is 35.5. The summed E-state index contributed by atoms with van der Waals surface area (Å²) in [7, 11) is 0. The topological polar surface area (TPSA) is 40.6 Å². The maximum absolute atomic E-state index is 5.89. The Labute approximate surface area is 129 Å². The number of nitrogens with zero attached hydrogens (tertiary/aromatic N) is 1. The summed E-state index contributed by atoms with van der Waals surface area (Å²) in [5.41, 5.74) is 0. The van der Waals surface area contributed by atoms with Crippen molar-refractivity contribution >= 4 is 11.6 Å². The minimum Gasteiger partial charge on any atom is -0.494 e. The minimum absolute atomic E-state index is 0.356. The Morgan fingerprint density at radius 1 is 0.905 bits per heavy atom. The lowest BCUT2D eigenvalue weighted by atomic mass is 10.3. The van der Waals surface area contributed by atoms with Gasteiger partial charge in [-0.05, 0) is 42.8 Å². The van der Waals surface area contributed by atoms with E-state index in [9.17, 15) is 0 Å². The van der Waals surface area contributed by atoms with Gasteiger partial charge in [-0.3, -0.25) is 0 Å². The first-order chi connectivity index (χ1) is 10.3. The highest BCUT2D eigenvalue weighted by Crippen LogP contribution is 2.20. The van der Waals surface area contributed by atoms with Crippen LogP contribution in [0.2, 0.25) is 5.15 Å². The van der Waals surface area contributed by atoms with Gasteiger partial charge in [0, 0.05) is 6.20 Å². The normalized spacial score (nSPS) is 10.2. The fourth-order valence-electron chi connectivity index (χ4n) is 1.64. The van der Waals surface area contributed by atoms with Crippen LogP contribution in [0.15, 0.2) is 42.6 Å². The van der Waals surface area contributed by atoms with Gasteiger partial charge >= 0.3 is 0 Å². The maximum atomic E-state index is 5.89. The number of hydrogen-bond acceptors (Lipinski definition) is 4. The van der Waals surface area contributed by atoms with Crippen LogP contribution in [0.1, 0.15) is 13.3 Å². The van der Waals surface area contributed by atoms with Crippen LogP contribution in [0.25, 0.3) is 0 Å². The summed E-state index contributed by atoms with van der Waals surface area (Å²) in [4.78, 5) is 3.94. The molecule has 0 spiro atoms. The van der Waals surface area contributed by atoms with Crippen molar-refractivity contribution in [3.8, 4) is 17.2 Å². The monoisotopic (exact) mass is 307 g/mol. The summed E-state index contributed by atoms with van der Waals surface area (Å²) in [6.07, 6.45) is 2.61. The molecule has 0 aliphatic carbocycles. The van der Waals surface area contributed by atoms with E-state index in [1.54, 1.807) is 18.3 Å². The molecular weight excluding hydrogens is 290 g/mol. The lowest BCUT2D eigenvalue weighted by Crippen LogP contribution is -2.09. The predicted molar refractivity (Wildman–Crippen MR) is 82.5 cm³/mol. The second kappa shape index (κ2) is 8.37. The summed E-state index contributed by atoms with van der Waals surface area (Å²) < 4.78 is 16.6. The van der Waals surface area contributed by atoms with Gasteiger partial charge < -0.3 is 14.2 Å². The van der Waals surface area contributed by atoms with Gasteiger partial charge in [0.15, 0.2) is 10.9 Å². The fourth-order valence-corrected chi connectivity index (χ4v) is 1.82. The van der Waals surface area contributed by atoms with Crippen molar-refractivity contribution in [1.82, 2.24) is 4.98 Å². The molecule has 21 heavy (non-hydrogen) atoms. The molecule has 0 aliphatic rings. The van der Waals surface area contributed by atoms with Crippen molar-refractivity contribution in [3.63, 3.8) is 0 Å². The Hall–Kier alpha value is -1.94. The first-order valence-electron chi connectivity index (χ1n) is 6.88. The molecule has 1 heterocycles. The van der Waals surface area contributed by atoms with Gasteiger partial charge in [0.2, 0.25) is 0 Å². The van der Waals surface area contributed by atoms with Crippen molar-refractivity contribution in [2.45, 2.75) is 13.3 Å². The standard InChI is InChI=1S/C16H18ClNO3/c1-2-10-19-13-5-7-14(8-6-13)20-11-12-21-15-4-3-9-18-16(15)17/h3-9H,2,10-12H2,1H3. The summed E-state index contributed by atoms with van der Waals surface area (Å²) in [6, 6.07) is 11.1. The maximum Gasteiger partial charge on any atom is 0.171 e. The third-order valence-electron chi connectivity index (χ3n) is 2.63. The third kappa shape index (κ3) is 5.16. The SMILES string of the molecule is CCCOc1ccc(OCCOc2cccnc2Cl)cc1. The number of halogens is 1. The minimum atomic E-state index is 0.356. The van der Waals surface area contributed by atoms with E-state index in [1.807, 2.05) is 24.3 Å². The lowest BCUT2D eigenvalue weighted by molar-refractivity contribution is 0.216. The van der Waals surface area contributed by atoms with Crippen molar-refractivity contribution in [1.29, 1.82) is 0 Å². The smallest absolute Gasteiger partial charge is 0.171 e. The van der Waals surface area contributed by atoms with Gasteiger partial charge in [-0.2, -0.15) is 0 Å². The number of ether oxygens (including phenoxy) is 3. The summed E-state index contributed by atoms with van der Waals surface area (Å²) >= 11 is 5.89. The molecule has 0 radical (unpaired) electrons. The molecule has 4 nitrogen and oxygen atoms in total. The summed E-state index contributed by atoms with van der Waals surface area (Å²) in [6.45, 7) is 3.63. The van der Waals surface area contributed by atoms with E-state index in [-0.39, 0.29) is 0 Å². The molecule has 112 valence electrons. The van der Waals surface area contributed by atoms with E-state index in [1.165, 1.54) is 0 Å². The number of aromatic nitrogens is 1. The molecule has 0 unspecified atom stereocenters. The van der Waals surface area contributed by atoms with Crippen LogP contribution in [0.3, 0.4) is 0 Å². The van der Waals surface area contributed by atoms with E-state index >= 15 is 0 Å². The molecule has 0 saturated carbocycles. The number of benzene rings is 1. The van der Waals surface area contributed by atoms with E-state index in [0.717, 1.165) is 24.5 Å². The molecule has 0 bridgehead atoms. The van der Waals surface area contributed by atoms with Gasteiger partial charge in [-0.25, -0.2) is 4.98 Å². The van der Waals surface area contributed by atoms with E-state index in [4.69, 9.17) is 25.8 Å².